The predicted molar refractivity (Wildman–Crippen MR) is 66.4 cm³/mol. The zero-order valence-corrected chi connectivity index (χ0v) is 11.3. The van der Waals surface area contributed by atoms with Crippen molar-refractivity contribution in [1.29, 1.82) is 0 Å². The maximum Gasteiger partial charge on any atom is 0.573 e. The Hall–Kier alpha value is -1.47. The number of ether oxygens (including phenoxy) is 2. The van der Waals surface area contributed by atoms with Gasteiger partial charge in [-0.05, 0) is 31.0 Å². The SMILES string of the molecule is CCOC(=O)C(N)Cc1ccc(Cl)c(OC(F)(F)F)c1. The highest BCUT2D eigenvalue weighted by atomic mass is 35.5. The standard InChI is InChI=1S/C12H13ClF3NO3/c1-2-19-11(18)9(17)5-7-3-4-8(13)10(6-7)20-12(14,15)16/h3-4,6,9H,2,5,17H2,1H3. The summed E-state index contributed by atoms with van der Waals surface area (Å²) in [5.74, 6) is -1.16. The van der Waals surface area contributed by atoms with E-state index in [9.17, 15) is 18.0 Å². The van der Waals surface area contributed by atoms with E-state index >= 15 is 0 Å². The summed E-state index contributed by atoms with van der Waals surface area (Å²) >= 11 is 5.60. The summed E-state index contributed by atoms with van der Waals surface area (Å²) in [6.45, 7) is 1.80. The molecule has 0 aliphatic rings. The van der Waals surface area contributed by atoms with E-state index in [1.54, 1.807) is 6.92 Å². The molecule has 0 amide bonds. The minimum atomic E-state index is -4.84. The second-order valence-electron chi connectivity index (χ2n) is 3.88. The van der Waals surface area contributed by atoms with Crippen LogP contribution in [0.3, 0.4) is 0 Å². The van der Waals surface area contributed by atoms with Crippen LogP contribution in [-0.4, -0.2) is 25.0 Å². The van der Waals surface area contributed by atoms with Gasteiger partial charge in [0.2, 0.25) is 0 Å². The van der Waals surface area contributed by atoms with Crippen molar-refractivity contribution in [3.8, 4) is 5.75 Å². The van der Waals surface area contributed by atoms with Crippen molar-refractivity contribution in [3.63, 3.8) is 0 Å². The van der Waals surface area contributed by atoms with Gasteiger partial charge in [0.15, 0.2) is 0 Å². The molecule has 0 aromatic heterocycles. The molecule has 0 spiro atoms. The van der Waals surface area contributed by atoms with Gasteiger partial charge in [0, 0.05) is 0 Å². The molecule has 1 unspecified atom stereocenters. The van der Waals surface area contributed by atoms with Gasteiger partial charge in [-0.25, -0.2) is 0 Å². The molecular formula is C12H13ClF3NO3. The lowest BCUT2D eigenvalue weighted by atomic mass is 10.1. The van der Waals surface area contributed by atoms with Crippen molar-refractivity contribution in [2.24, 2.45) is 5.73 Å². The summed E-state index contributed by atoms with van der Waals surface area (Å²) in [6.07, 6.45) is -4.82. The van der Waals surface area contributed by atoms with E-state index in [0.29, 0.717) is 5.56 Å². The zero-order valence-electron chi connectivity index (χ0n) is 10.5. The Kier molecular flexibility index (Phi) is 5.64. The fraction of sp³-hybridized carbons (Fsp3) is 0.417. The molecule has 1 aromatic carbocycles. The number of hydrogen-bond donors (Lipinski definition) is 1. The molecule has 112 valence electrons. The maximum atomic E-state index is 12.2. The van der Waals surface area contributed by atoms with Gasteiger partial charge in [-0.1, -0.05) is 17.7 Å². The monoisotopic (exact) mass is 311 g/mol. The smallest absolute Gasteiger partial charge is 0.465 e. The first kappa shape index (κ1) is 16.6. The first-order valence-corrected chi connectivity index (χ1v) is 6.07. The zero-order chi connectivity index (χ0) is 15.3. The molecule has 0 saturated carbocycles. The quantitative estimate of drug-likeness (QED) is 0.849. The molecule has 1 aromatic rings. The summed E-state index contributed by atoms with van der Waals surface area (Å²) in [7, 11) is 0. The third kappa shape index (κ3) is 5.26. The summed E-state index contributed by atoms with van der Waals surface area (Å²) in [4.78, 5) is 11.3. The van der Waals surface area contributed by atoms with E-state index in [0.717, 1.165) is 6.07 Å². The van der Waals surface area contributed by atoms with Crippen molar-refractivity contribution in [2.45, 2.75) is 25.7 Å². The van der Waals surface area contributed by atoms with E-state index in [1.165, 1.54) is 12.1 Å². The van der Waals surface area contributed by atoms with Gasteiger partial charge in [0.1, 0.15) is 11.8 Å². The predicted octanol–water partition coefficient (Wildman–Crippen LogP) is 2.67. The maximum absolute atomic E-state index is 12.2. The van der Waals surface area contributed by atoms with Gasteiger partial charge in [-0.15, -0.1) is 13.2 Å². The fourth-order valence-electron chi connectivity index (χ4n) is 1.46. The molecule has 1 rings (SSSR count). The second kappa shape index (κ2) is 6.81. The molecule has 4 nitrogen and oxygen atoms in total. The van der Waals surface area contributed by atoms with Crippen LogP contribution in [0.25, 0.3) is 0 Å². The minimum absolute atomic E-state index is 0.0181. The van der Waals surface area contributed by atoms with Gasteiger partial charge >= 0.3 is 12.3 Å². The molecule has 0 aliphatic heterocycles. The normalized spacial score (nSPS) is 12.9. The Balaban J connectivity index is 2.82. The highest BCUT2D eigenvalue weighted by Crippen LogP contribution is 2.31. The van der Waals surface area contributed by atoms with E-state index in [1.807, 2.05) is 0 Å². The molecule has 0 heterocycles. The number of rotatable bonds is 5. The highest BCUT2D eigenvalue weighted by molar-refractivity contribution is 6.32. The molecule has 0 saturated heterocycles. The number of nitrogens with two attached hydrogens (primary N) is 1. The second-order valence-corrected chi connectivity index (χ2v) is 4.28. The van der Waals surface area contributed by atoms with Crippen molar-refractivity contribution in [2.75, 3.05) is 6.61 Å². The average Bonchev–Trinajstić information content (AvgIpc) is 2.32. The molecule has 8 heteroatoms. The van der Waals surface area contributed by atoms with Crippen LogP contribution < -0.4 is 10.5 Å². The van der Waals surface area contributed by atoms with Crippen LogP contribution in [-0.2, 0) is 16.0 Å². The average molecular weight is 312 g/mol. The lowest BCUT2D eigenvalue weighted by molar-refractivity contribution is -0.274. The van der Waals surface area contributed by atoms with Crippen molar-refractivity contribution in [1.82, 2.24) is 0 Å². The number of hydrogen-bond acceptors (Lipinski definition) is 4. The van der Waals surface area contributed by atoms with Crippen molar-refractivity contribution in [3.05, 3.63) is 28.8 Å². The Morgan fingerprint density at radius 3 is 2.65 bits per heavy atom. The molecule has 0 aliphatic carbocycles. The highest BCUT2D eigenvalue weighted by Gasteiger charge is 2.32. The number of carbonyl (C=O) groups is 1. The number of alkyl halides is 3. The van der Waals surface area contributed by atoms with Gasteiger partial charge in [-0.3, -0.25) is 4.79 Å². The third-order valence-electron chi connectivity index (χ3n) is 2.27. The van der Waals surface area contributed by atoms with Crippen LogP contribution >= 0.6 is 11.6 Å². The molecule has 0 bridgehead atoms. The Labute approximate surface area is 118 Å². The van der Waals surface area contributed by atoms with E-state index < -0.39 is 24.1 Å². The molecule has 0 fully saturated rings. The van der Waals surface area contributed by atoms with Crippen molar-refractivity contribution >= 4 is 17.6 Å². The summed E-state index contributed by atoms with van der Waals surface area (Å²) in [5.41, 5.74) is 5.96. The lowest BCUT2D eigenvalue weighted by Crippen LogP contribution is -2.34. The van der Waals surface area contributed by atoms with Crippen molar-refractivity contribution < 1.29 is 27.4 Å². The third-order valence-corrected chi connectivity index (χ3v) is 2.58. The Morgan fingerprint density at radius 2 is 2.10 bits per heavy atom. The van der Waals surface area contributed by atoms with Crippen LogP contribution in [0.15, 0.2) is 18.2 Å². The van der Waals surface area contributed by atoms with Crippen LogP contribution in [0, 0.1) is 0 Å². The fourth-order valence-corrected chi connectivity index (χ4v) is 1.62. The van der Waals surface area contributed by atoms with Gasteiger partial charge in [-0.2, -0.15) is 0 Å². The number of carbonyl (C=O) groups excluding carboxylic acids is 1. The Bertz CT molecular complexity index is 480. The van der Waals surface area contributed by atoms with Gasteiger partial charge < -0.3 is 15.2 Å². The molecule has 0 radical (unpaired) electrons. The Morgan fingerprint density at radius 1 is 1.45 bits per heavy atom. The minimum Gasteiger partial charge on any atom is -0.465 e. The number of halogens is 4. The first-order chi connectivity index (χ1) is 9.23. The summed E-state index contributed by atoms with van der Waals surface area (Å²) in [5, 5.41) is -0.184. The van der Waals surface area contributed by atoms with E-state index in [2.05, 4.69) is 4.74 Å². The first-order valence-electron chi connectivity index (χ1n) is 5.69. The number of benzene rings is 1. The van der Waals surface area contributed by atoms with Gasteiger partial charge in [0.25, 0.3) is 0 Å². The van der Waals surface area contributed by atoms with Crippen LogP contribution in [0.5, 0.6) is 5.75 Å². The van der Waals surface area contributed by atoms with Crippen LogP contribution in [0.4, 0.5) is 13.2 Å². The number of esters is 1. The van der Waals surface area contributed by atoms with Crippen LogP contribution in [0.1, 0.15) is 12.5 Å². The largest absolute Gasteiger partial charge is 0.573 e. The topological polar surface area (TPSA) is 61.5 Å². The molecular weight excluding hydrogens is 299 g/mol. The van der Waals surface area contributed by atoms with E-state index in [-0.39, 0.29) is 18.1 Å². The van der Waals surface area contributed by atoms with Gasteiger partial charge in [0.05, 0.1) is 11.6 Å². The summed E-state index contributed by atoms with van der Waals surface area (Å²) in [6, 6.07) is 2.84. The molecule has 20 heavy (non-hydrogen) atoms. The van der Waals surface area contributed by atoms with E-state index in [4.69, 9.17) is 22.1 Å². The molecule has 1 atom stereocenters. The lowest BCUT2D eigenvalue weighted by Gasteiger charge is -2.14. The molecule has 2 N–H and O–H groups in total. The van der Waals surface area contributed by atoms with Crippen LogP contribution in [0.2, 0.25) is 5.02 Å². The summed E-state index contributed by atoms with van der Waals surface area (Å²) < 4.78 is 45.0.